The smallest absolute Gasteiger partial charge is 0.282 e. The highest BCUT2D eigenvalue weighted by atomic mass is 32.2. The van der Waals surface area contributed by atoms with E-state index in [9.17, 15) is 13.5 Å². The van der Waals surface area contributed by atoms with Crippen LogP contribution in [0.4, 0.5) is 0 Å². The summed E-state index contributed by atoms with van der Waals surface area (Å²) in [6.07, 6.45) is 3.01. The van der Waals surface area contributed by atoms with E-state index in [0.717, 1.165) is 19.3 Å². The molecular formula is C11H22N2O3S. The number of piperidine rings is 2. The van der Waals surface area contributed by atoms with Crippen molar-refractivity contribution >= 4 is 10.2 Å². The third-order valence-electron chi connectivity index (χ3n) is 3.63. The second-order valence-corrected chi connectivity index (χ2v) is 7.20. The predicted molar refractivity (Wildman–Crippen MR) is 65.7 cm³/mol. The van der Waals surface area contributed by atoms with Crippen LogP contribution in [0.5, 0.6) is 0 Å². The fourth-order valence-corrected chi connectivity index (χ4v) is 4.50. The first kappa shape index (κ1) is 13.3. The summed E-state index contributed by atoms with van der Waals surface area (Å²) in [5.74, 6) is 0.438. The summed E-state index contributed by atoms with van der Waals surface area (Å²) < 4.78 is 27.8. The molecule has 2 saturated heterocycles. The minimum Gasteiger partial charge on any atom is -0.392 e. The molecule has 100 valence electrons. The van der Waals surface area contributed by atoms with E-state index in [-0.39, 0.29) is 6.54 Å². The fourth-order valence-electron chi connectivity index (χ4n) is 2.65. The van der Waals surface area contributed by atoms with E-state index in [4.69, 9.17) is 0 Å². The standard InChI is InChI=1S/C11H22N2O3S/c1-10-4-2-6-12(8-10)17(15,16)13-7-3-5-11(14)9-13/h10-11,14H,2-9H2,1H3/t10?,11-/m0/s1. The van der Waals surface area contributed by atoms with Crippen molar-refractivity contribution in [3.05, 3.63) is 0 Å². The van der Waals surface area contributed by atoms with Gasteiger partial charge in [-0.05, 0) is 31.6 Å². The summed E-state index contributed by atoms with van der Waals surface area (Å²) in [5, 5.41) is 9.57. The van der Waals surface area contributed by atoms with Gasteiger partial charge in [-0.2, -0.15) is 17.0 Å². The Balaban J connectivity index is 2.06. The Kier molecular flexibility index (Phi) is 4.07. The second kappa shape index (κ2) is 5.22. The van der Waals surface area contributed by atoms with Gasteiger partial charge < -0.3 is 5.11 Å². The number of hydrogen-bond donors (Lipinski definition) is 1. The lowest BCUT2D eigenvalue weighted by Gasteiger charge is -2.37. The van der Waals surface area contributed by atoms with Crippen molar-refractivity contribution in [2.75, 3.05) is 26.2 Å². The lowest BCUT2D eigenvalue weighted by Crippen LogP contribution is -2.51. The molecule has 0 aromatic rings. The molecule has 2 aliphatic heterocycles. The summed E-state index contributed by atoms with van der Waals surface area (Å²) in [5.41, 5.74) is 0. The Bertz CT molecular complexity index is 330. The topological polar surface area (TPSA) is 60.9 Å². The molecule has 0 spiro atoms. The number of hydrogen-bond acceptors (Lipinski definition) is 3. The van der Waals surface area contributed by atoms with Gasteiger partial charge in [0.2, 0.25) is 0 Å². The predicted octanol–water partition coefficient (Wildman–Crippen LogP) is 0.420. The third kappa shape index (κ3) is 2.99. The van der Waals surface area contributed by atoms with Crippen molar-refractivity contribution < 1.29 is 13.5 Å². The summed E-state index contributed by atoms with van der Waals surface area (Å²) in [6, 6.07) is 0. The van der Waals surface area contributed by atoms with E-state index in [1.165, 1.54) is 4.31 Å². The van der Waals surface area contributed by atoms with E-state index in [0.29, 0.717) is 32.0 Å². The van der Waals surface area contributed by atoms with Gasteiger partial charge in [0.25, 0.3) is 10.2 Å². The number of β-amino-alcohol motifs (C(OH)–C–C–N with tert-alkyl or cyclic N) is 1. The zero-order valence-corrected chi connectivity index (χ0v) is 11.2. The Morgan fingerprint density at radius 1 is 1.06 bits per heavy atom. The van der Waals surface area contributed by atoms with Gasteiger partial charge in [0, 0.05) is 26.2 Å². The van der Waals surface area contributed by atoms with Gasteiger partial charge in [-0.1, -0.05) is 6.92 Å². The summed E-state index contributed by atoms with van der Waals surface area (Å²) >= 11 is 0. The molecule has 1 unspecified atom stereocenters. The largest absolute Gasteiger partial charge is 0.392 e. The van der Waals surface area contributed by atoms with Crippen molar-refractivity contribution in [3.63, 3.8) is 0 Å². The first-order valence-electron chi connectivity index (χ1n) is 6.43. The van der Waals surface area contributed by atoms with Crippen molar-refractivity contribution in [2.45, 2.75) is 38.7 Å². The maximum atomic E-state index is 12.4. The minimum atomic E-state index is -3.34. The highest BCUT2D eigenvalue weighted by Crippen LogP contribution is 2.22. The molecule has 0 aliphatic carbocycles. The number of nitrogens with zero attached hydrogens (tertiary/aromatic N) is 2. The molecule has 0 radical (unpaired) electrons. The maximum Gasteiger partial charge on any atom is 0.282 e. The molecule has 2 aliphatic rings. The second-order valence-electron chi connectivity index (χ2n) is 5.27. The average molecular weight is 262 g/mol. The number of aliphatic hydroxyl groups excluding tert-OH is 1. The lowest BCUT2D eigenvalue weighted by molar-refractivity contribution is 0.103. The highest BCUT2D eigenvalue weighted by molar-refractivity contribution is 7.86. The molecule has 0 aromatic carbocycles. The fraction of sp³-hybridized carbons (Fsp3) is 1.00. The molecule has 0 saturated carbocycles. The molecular weight excluding hydrogens is 240 g/mol. The van der Waals surface area contributed by atoms with E-state index in [2.05, 4.69) is 6.92 Å². The first-order chi connectivity index (χ1) is 8.00. The van der Waals surface area contributed by atoms with Gasteiger partial charge in [0.1, 0.15) is 0 Å². The Labute approximate surface area is 104 Å². The maximum absolute atomic E-state index is 12.4. The van der Waals surface area contributed by atoms with Gasteiger partial charge in [0.05, 0.1) is 6.10 Å². The van der Waals surface area contributed by atoms with Crippen LogP contribution in [0.1, 0.15) is 32.6 Å². The molecule has 2 fully saturated rings. The quantitative estimate of drug-likeness (QED) is 0.784. The van der Waals surface area contributed by atoms with Gasteiger partial charge >= 0.3 is 0 Å². The molecule has 0 bridgehead atoms. The van der Waals surface area contributed by atoms with E-state index >= 15 is 0 Å². The third-order valence-corrected chi connectivity index (χ3v) is 5.60. The van der Waals surface area contributed by atoms with Crippen LogP contribution in [0.2, 0.25) is 0 Å². The molecule has 17 heavy (non-hydrogen) atoms. The normalized spacial score (nSPS) is 33.8. The zero-order chi connectivity index (χ0) is 12.5. The monoisotopic (exact) mass is 262 g/mol. The first-order valence-corrected chi connectivity index (χ1v) is 7.83. The van der Waals surface area contributed by atoms with Crippen molar-refractivity contribution in [3.8, 4) is 0 Å². The molecule has 2 heterocycles. The average Bonchev–Trinajstić information content (AvgIpc) is 2.29. The molecule has 6 heteroatoms. The molecule has 0 amide bonds. The van der Waals surface area contributed by atoms with Crippen LogP contribution in [0, 0.1) is 5.92 Å². The minimum absolute atomic E-state index is 0.257. The van der Waals surface area contributed by atoms with Crippen LogP contribution < -0.4 is 0 Å². The van der Waals surface area contributed by atoms with Crippen molar-refractivity contribution in [1.82, 2.24) is 8.61 Å². The van der Waals surface area contributed by atoms with Gasteiger partial charge in [-0.25, -0.2) is 0 Å². The Hall–Kier alpha value is -0.170. The van der Waals surface area contributed by atoms with Crippen LogP contribution in [-0.2, 0) is 10.2 Å². The van der Waals surface area contributed by atoms with Crippen molar-refractivity contribution in [1.29, 1.82) is 0 Å². The molecule has 2 rings (SSSR count). The van der Waals surface area contributed by atoms with Crippen molar-refractivity contribution in [2.24, 2.45) is 5.92 Å². The lowest BCUT2D eigenvalue weighted by atomic mass is 10.0. The van der Waals surface area contributed by atoms with E-state index in [1.54, 1.807) is 4.31 Å². The molecule has 1 N–H and O–H groups in total. The SMILES string of the molecule is CC1CCCN(S(=O)(=O)N2CCC[C@H](O)C2)C1. The van der Waals surface area contributed by atoms with Crippen LogP contribution in [0.3, 0.4) is 0 Å². The summed E-state index contributed by atoms with van der Waals surface area (Å²) in [6.45, 7) is 4.14. The van der Waals surface area contributed by atoms with Crippen LogP contribution >= 0.6 is 0 Å². The number of aliphatic hydroxyl groups is 1. The molecule has 2 atom stereocenters. The highest BCUT2D eigenvalue weighted by Gasteiger charge is 2.34. The van der Waals surface area contributed by atoms with Crippen LogP contribution in [0.25, 0.3) is 0 Å². The van der Waals surface area contributed by atoms with Crippen LogP contribution in [0.15, 0.2) is 0 Å². The van der Waals surface area contributed by atoms with E-state index in [1.807, 2.05) is 0 Å². The molecule has 0 aromatic heterocycles. The zero-order valence-electron chi connectivity index (χ0n) is 10.4. The Morgan fingerprint density at radius 3 is 2.24 bits per heavy atom. The van der Waals surface area contributed by atoms with Crippen LogP contribution in [-0.4, -0.2) is 54.4 Å². The van der Waals surface area contributed by atoms with Gasteiger partial charge in [0.15, 0.2) is 0 Å². The number of rotatable bonds is 2. The Morgan fingerprint density at radius 2 is 1.65 bits per heavy atom. The van der Waals surface area contributed by atoms with Gasteiger partial charge in [-0.3, -0.25) is 0 Å². The van der Waals surface area contributed by atoms with E-state index < -0.39 is 16.3 Å². The summed E-state index contributed by atoms with van der Waals surface area (Å²) in [4.78, 5) is 0. The molecule has 5 nitrogen and oxygen atoms in total. The summed E-state index contributed by atoms with van der Waals surface area (Å²) in [7, 11) is -3.34. The van der Waals surface area contributed by atoms with Gasteiger partial charge in [-0.15, -0.1) is 0 Å².